The van der Waals surface area contributed by atoms with Gasteiger partial charge >= 0.3 is 29.4 Å². The van der Waals surface area contributed by atoms with Gasteiger partial charge < -0.3 is 10.4 Å². The minimum absolute atomic E-state index is 0.0404. The normalized spacial score (nSPS) is 26.3. The van der Waals surface area contributed by atoms with Gasteiger partial charge in [-0.05, 0) is 163 Å². The fourth-order valence-corrected chi connectivity index (χ4v) is 18.3. The maximum atomic E-state index is 16.6. The molecule has 2 aliphatic carbocycles. The highest BCUT2D eigenvalue weighted by molar-refractivity contribution is 8.06. The van der Waals surface area contributed by atoms with Crippen molar-refractivity contribution in [3.8, 4) is 40.4 Å². The summed E-state index contributed by atoms with van der Waals surface area (Å²) in [4.78, 5) is 6.93. The SMILES string of the molecule is CC1(C)N([O])C(c2ccc(-c3ccc(-c4ccc5c(c4)S[C@]4(C)C5=C5C(=C6c7ccc(-c8ccc(-c9ccc(C%10=[N+]([O-])C(C)(C)C(C)(C)N%10[O])s9)s8)cc7S[C@]64C)C(F)(F)C(F)(F)C5(F)F)s3)s2)=[N+]([O-])C1(C)C. The standard InChI is InChI=1S/C53H44F6N4O4S6/c1-45(2)46(3,4)61(65)43(60(45)64)35-21-19-33(70-35)31-17-15-29(68-31)25-11-13-27-37(23-25)72-49(9)39(27)41-42(52(56,57)53(58,59)51(41,54)55)40-28-14-12-26(24-38(28)73-50(40,49)10)30-16-18-32(69-30)34-20-22-36(71-34)44-62(66)47(5,6)48(7,8)63(44)67/h11-24H,1-10H3/t49-,50-/m1/s1. The van der Waals surface area contributed by atoms with E-state index in [1.807, 2.05) is 36.4 Å². The molecular formula is C53H44F6N4O4S6. The number of alkyl halides is 6. The van der Waals surface area contributed by atoms with E-state index in [1.165, 1.54) is 68.9 Å². The average molecular weight is 1110 g/mol. The van der Waals surface area contributed by atoms with Crippen LogP contribution in [0.15, 0.2) is 106 Å². The molecule has 73 heavy (non-hydrogen) atoms. The first kappa shape index (κ1) is 49.3. The zero-order valence-corrected chi connectivity index (χ0v) is 45.6. The molecule has 6 aromatic rings. The first-order valence-electron chi connectivity index (χ1n) is 23.2. The largest absolute Gasteiger partial charge is 0.714 e. The molecule has 0 spiro atoms. The number of hydrogen-bond acceptors (Lipinski definition) is 10. The molecule has 0 unspecified atom stereocenters. The summed E-state index contributed by atoms with van der Waals surface area (Å²) in [5, 5.41) is 55.1. The molecule has 4 aromatic heterocycles. The number of hydroxylamine groups is 6. The van der Waals surface area contributed by atoms with Crippen molar-refractivity contribution in [1.82, 2.24) is 10.1 Å². The van der Waals surface area contributed by atoms with Crippen LogP contribution in [0, 0.1) is 10.4 Å². The molecule has 12 rings (SSSR count). The number of rotatable bonds is 6. The molecule has 1 fully saturated rings. The highest BCUT2D eigenvalue weighted by Gasteiger charge is 2.85. The quantitative estimate of drug-likeness (QED) is 0.0936. The molecule has 0 amide bonds. The van der Waals surface area contributed by atoms with E-state index in [0.29, 0.717) is 30.7 Å². The van der Waals surface area contributed by atoms with Gasteiger partial charge in [0.05, 0.1) is 9.49 Å². The van der Waals surface area contributed by atoms with Crippen LogP contribution < -0.4 is 0 Å². The van der Waals surface area contributed by atoms with E-state index in [1.54, 1.807) is 118 Å². The number of thiophene rings is 4. The highest BCUT2D eigenvalue weighted by atomic mass is 32.2. The van der Waals surface area contributed by atoms with Crippen LogP contribution in [0.2, 0.25) is 0 Å². The summed E-state index contributed by atoms with van der Waals surface area (Å²) in [5.74, 6) is -16.1. The van der Waals surface area contributed by atoms with Crippen molar-refractivity contribution in [2.75, 3.05) is 0 Å². The van der Waals surface area contributed by atoms with Crippen LogP contribution in [-0.2, 0) is 10.4 Å². The van der Waals surface area contributed by atoms with Crippen molar-refractivity contribution in [2.45, 2.75) is 128 Å². The third kappa shape index (κ3) is 5.95. The molecule has 2 aromatic carbocycles. The van der Waals surface area contributed by atoms with Crippen molar-refractivity contribution in [2.24, 2.45) is 0 Å². The molecule has 8 heterocycles. The van der Waals surface area contributed by atoms with Crippen molar-refractivity contribution >= 4 is 91.7 Å². The summed E-state index contributed by atoms with van der Waals surface area (Å²) in [5.41, 5.74) is -5.20. The Labute approximate surface area is 441 Å². The number of hydrogen-bond donors (Lipinski definition) is 0. The lowest BCUT2D eigenvalue weighted by Gasteiger charge is -2.47. The Morgan fingerprint density at radius 1 is 0.425 bits per heavy atom. The zero-order chi connectivity index (χ0) is 52.5. The van der Waals surface area contributed by atoms with Gasteiger partial charge in [0.2, 0.25) is 0 Å². The number of fused-ring (bicyclic) bond motifs is 8. The van der Waals surface area contributed by atoms with Gasteiger partial charge in [0.25, 0.3) is 0 Å². The van der Waals surface area contributed by atoms with Crippen LogP contribution in [0.5, 0.6) is 0 Å². The van der Waals surface area contributed by atoms with E-state index < -0.39 is 60.6 Å². The van der Waals surface area contributed by atoms with E-state index in [-0.39, 0.29) is 33.9 Å². The molecule has 0 saturated heterocycles. The molecular weight excluding hydrogens is 1060 g/mol. The summed E-state index contributed by atoms with van der Waals surface area (Å²) >= 11 is 7.92. The number of thioether (sulfide) groups is 2. The second-order valence-electron chi connectivity index (χ2n) is 21.6. The van der Waals surface area contributed by atoms with E-state index in [0.717, 1.165) is 48.9 Å². The second kappa shape index (κ2) is 14.9. The summed E-state index contributed by atoms with van der Waals surface area (Å²) in [6.45, 7) is 17.3. The lowest BCUT2D eigenvalue weighted by atomic mass is 9.68. The van der Waals surface area contributed by atoms with Gasteiger partial charge in [-0.3, -0.25) is 9.48 Å². The molecule has 1 saturated carbocycles. The van der Waals surface area contributed by atoms with Crippen molar-refractivity contribution < 1.29 is 46.2 Å². The molecule has 0 N–H and O–H groups in total. The summed E-state index contributed by atoms with van der Waals surface area (Å²) in [6, 6.07) is 25.0. The van der Waals surface area contributed by atoms with Gasteiger partial charge in [-0.15, -0.1) is 68.9 Å². The maximum Gasteiger partial charge on any atom is 0.380 e. The molecule has 2 radical (unpaired) electrons. The predicted octanol–water partition coefficient (Wildman–Crippen LogP) is 15.4. The Bertz CT molecular complexity index is 3370. The second-order valence-corrected chi connectivity index (χ2v) is 28.9. The van der Waals surface area contributed by atoms with Gasteiger partial charge in [-0.2, -0.15) is 26.3 Å². The van der Waals surface area contributed by atoms with Gasteiger partial charge in [0, 0.05) is 60.6 Å². The Kier molecular flexibility index (Phi) is 10.1. The molecule has 8 nitrogen and oxygen atoms in total. The Balaban J connectivity index is 0.895. The smallest absolute Gasteiger partial charge is 0.380 e. The first-order valence-corrected chi connectivity index (χ1v) is 28.1. The van der Waals surface area contributed by atoms with Crippen molar-refractivity contribution in [3.05, 3.63) is 127 Å². The number of nitrogens with zero attached hydrogens (tertiary/aromatic N) is 4. The number of amidine groups is 2. The molecule has 0 bridgehead atoms. The van der Waals surface area contributed by atoms with Crippen molar-refractivity contribution in [1.29, 1.82) is 0 Å². The average Bonchev–Trinajstić information content (AvgIpc) is 4.20. The Morgan fingerprint density at radius 2 is 0.726 bits per heavy atom. The summed E-state index contributed by atoms with van der Waals surface area (Å²) in [7, 11) is 0. The van der Waals surface area contributed by atoms with Gasteiger partial charge in [0.15, 0.2) is 11.1 Å². The van der Waals surface area contributed by atoms with Crippen molar-refractivity contribution in [3.63, 3.8) is 0 Å². The van der Waals surface area contributed by atoms with Gasteiger partial charge in [0.1, 0.15) is 20.8 Å². The van der Waals surface area contributed by atoms with E-state index in [4.69, 9.17) is 0 Å². The fourth-order valence-electron chi connectivity index (χ4n) is 10.8. The minimum atomic E-state index is -5.72. The Hall–Kier alpha value is -4.54. The molecule has 2 atom stereocenters. The van der Waals surface area contributed by atoms with E-state index in [9.17, 15) is 20.8 Å². The number of benzene rings is 2. The van der Waals surface area contributed by atoms with Crippen LogP contribution in [-0.4, -0.2) is 80.7 Å². The highest BCUT2D eigenvalue weighted by Crippen LogP contribution is 2.78. The predicted molar refractivity (Wildman–Crippen MR) is 280 cm³/mol. The zero-order valence-electron chi connectivity index (χ0n) is 40.7. The van der Waals surface area contributed by atoms with E-state index in [2.05, 4.69) is 0 Å². The molecule has 4 aliphatic heterocycles. The Morgan fingerprint density at radius 3 is 1.04 bits per heavy atom. The fraction of sp³-hybridized carbons (Fsp3) is 0.358. The molecule has 20 heteroatoms. The van der Waals surface area contributed by atoms with Crippen LogP contribution in [0.25, 0.3) is 51.5 Å². The summed E-state index contributed by atoms with van der Waals surface area (Å²) < 4.78 is 96.7. The lowest BCUT2D eigenvalue weighted by Crippen LogP contribution is -2.53. The van der Waals surface area contributed by atoms with E-state index >= 15 is 26.3 Å². The van der Waals surface area contributed by atoms with Crippen LogP contribution in [0.3, 0.4) is 0 Å². The number of halogens is 6. The van der Waals surface area contributed by atoms with Crippen LogP contribution in [0.1, 0.15) is 90.1 Å². The third-order valence-corrected chi connectivity index (χ3v) is 25.0. The topological polar surface area (TPSA) is 98.4 Å². The van der Waals surface area contributed by atoms with Gasteiger partial charge in [-0.25, -0.2) is 0 Å². The first-order chi connectivity index (χ1) is 33.9. The molecule has 378 valence electrons. The molecule has 6 aliphatic rings. The number of allylic oxidation sites excluding steroid dienone is 2. The van der Waals surface area contributed by atoms with Gasteiger partial charge in [-0.1, -0.05) is 34.4 Å². The monoisotopic (exact) mass is 1110 g/mol. The maximum absolute atomic E-state index is 16.6. The third-order valence-electron chi connectivity index (χ3n) is 16.9. The summed E-state index contributed by atoms with van der Waals surface area (Å²) in [6.07, 6.45) is 0. The minimum Gasteiger partial charge on any atom is -0.714 e. The van der Waals surface area contributed by atoms with Crippen LogP contribution >= 0.6 is 68.9 Å². The lowest BCUT2D eigenvalue weighted by molar-refractivity contribution is -0.539. The van der Waals surface area contributed by atoms with Crippen LogP contribution in [0.4, 0.5) is 26.3 Å².